The van der Waals surface area contributed by atoms with E-state index in [0.29, 0.717) is 29.4 Å². The Bertz CT molecular complexity index is 607. The van der Waals surface area contributed by atoms with Gasteiger partial charge in [-0.3, -0.25) is 0 Å². The maximum absolute atomic E-state index is 12.5. The van der Waals surface area contributed by atoms with E-state index in [0.717, 1.165) is 19.3 Å². The van der Waals surface area contributed by atoms with Gasteiger partial charge in [0.15, 0.2) is 0 Å². The van der Waals surface area contributed by atoms with Gasteiger partial charge in [-0.1, -0.05) is 11.6 Å². The van der Waals surface area contributed by atoms with Gasteiger partial charge in [0.2, 0.25) is 0 Å². The highest BCUT2D eigenvalue weighted by Gasteiger charge is 2.26. The summed E-state index contributed by atoms with van der Waals surface area (Å²) in [6.07, 6.45) is 2.71. The van der Waals surface area contributed by atoms with Crippen molar-refractivity contribution in [2.24, 2.45) is 5.73 Å². The Morgan fingerprint density at radius 2 is 2.17 bits per heavy atom. The number of carbonyl (C=O) groups is 2. The fourth-order valence-corrected chi connectivity index (χ4v) is 2.89. The summed E-state index contributed by atoms with van der Waals surface area (Å²) in [5.74, 6) is -0.449. The lowest BCUT2D eigenvalue weighted by Crippen LogP contribution is -2.49. The van der Waals surface area contributed by atoms with Crippen LogP contribution in [0.4, 0.5) is 10.5 Å². The highest BCUT2D eigenvalue weighted by atomic mass is 35.5. The van der Waals surface area contributed by atoms with Crippen molar-refractivity contribution in [3.8, 4) is 0 Å². The SMILES string of the molecule is CC(C)OC(=O)c1ccc(Cl)c(NC(=O)N2CCCC[C@@H]2CN)c1. The van der Waals surface area contributed by atoms with E-state index in [1.807, 2.05) is 0 Å². The van der Waals surface area contributed by atoms with Crippen LogP contribution in [0.1, 0.15) is 43.5 Å². The largest absolute Gasteiger partial charge is 0.459 e. The number of nitrogens with zero attached hydrogens (tertiary/aromatic N) is 1. The predicted octanol–water partition coefficient (Wildman–Crippen LogP) is 3.25. The molecular weight excluding hydrogens is 330 g/mol. The first-order valence-electron chi connectivity index (χ1n) is 8.20. The first-order valence-corrected chi connectivity index (χ1v) is 8.58. The maximum Gasteiger partial charge on any atom is 0.338 e. The van der Waals surface area contributed by atoms with Crippen LogP contribution in [0.5, 0.6) is 0 Å². The lowest BCUT2D eigenvalue weighted by Gasteiger charge is -2.35. The molecule has 0 radical (unpaired) electrons. The molecule has 1 fully saturated rings. The fourth-order valence-electron chi connectivity index (χ4n) is 2.73. The molecule has 0 aromatic heterocycles. The molecule has 2 rings (SSSR count). The number of benzene rings is 1. The van der Waals surface area contributed by atoms with Gasteiger partial charge in [0.1, 0.15) is 0 Å². The van der Waals surface area contributed by atoms with Crippen LogP contribution in [0, 0.1) is 0 Å². The quantitative estimate of drug-likeness (QED) is 0.814. The topological polar surface area (TPSA) is 84.7 Å². The van der Waals surface area contributed by atoms with Crippen molar-refractivity contribution in [3.63, 3.8) is 0 Å². The molecule has 3 N–H and O–H groups in total. The number of anilines is 1. The summed E-state index contributed by atoms with van der Waals surface area (Å²) >= 11 is 6.15. The van der Waals surface area contributed by atoms with Crippen molar-refractivity contribution >= 4 is 29.3 Å². The van der Waals surface area contributed by atoms with E-state index in [-0.39, 0.29) is 18.2 Å². The third-order valence-corrected chi connectivity index (χ3v) is 4.28. The second-order valence-electron chi connectivity index (χ2n) is 6.16. The number of halogens is 1. The van der Waals surface area contributed by atoms with Gasteiger partial charge in [-0.2, -0.15) is 0 Å². The lowest BCUT2D eigenvalue weighted by atomic mass is 10.0. The minimum absolute atomic E-state index is 0.0339. The lowest BCUT2D eigenvalue weighted by molar-refractivity contribution is 0.0378. The van der Waals surface area contributed by atoms with Crippen molar-refractivity contribution in [2.75, 3.05) is 18.4 Å². The van der Waals surface area contributed by atoms with Gasteiger partial charge in [-0.15, -0.1) is 0 Å². The highest BCUT2D eigenvalue weighted by molar-refractivity contribution is 6.33. The molecule has 1 aromatic rings. The monoisotopic (exact) mass is 353 g/mol. The first kappa shape index (κ1) is 18.5. The van der Waals surface area contributed by atoms with Crippen LogP contribution in [-0.2, 0) is 4.74 Å². The molecule has 132 valence electrons. The zero-order valence-corrected chi connectivity index (χ0v) is 14.8. The molecule has 1 aliphatic rings. The number of rotatable bonds is 4. The number of nitrogens with one attached hydrogen (secondary N) is 1. The molecule has 0 saturated carbocycles. The Kier molecular flexibility index (Phi) is 6.45. The molecule has 0 bridgehead atoms. The number of nitrogens with two attached hydrogens (primary N) is 1. The van der Waals surface area contributed by atoms with E-state index in [4.69, 9.17) is 22.1 Å². The number of amides is 2. The van der Waals surface area contributed by atoms with Crippen LogP contribution < -0.4 is 11.1 Å². The maximum atomic E-state index is 12.5. The summed E-state index contributed by atoms with van der Waals surface area (Å²) in [5, 5.41) is 3.15. The van der Waals surface area contributed by atoms with E-state index < -0.39 is 5.97 Å². The van der Waals surface area contributed by atoms with Crippen molar-refractivity contribution in [3.05, 3.63) is 28.8 Å². The van der Waals surface area contributed by atoms with Gasteiger partial charge in [0, 0.05) is 19.1 Å². The Labute approximate surface area is 147 Å². The van der Waals surface area contributed by atoms with Gasteiger partial charge in [0.25, 0.3) is 0 Å². The number of hydrogen-bond acceptors (Lipinski definition) is 4. The minimum Gasteiger partial charge on any atom is -0.459 e. The van der Waals surface area contributed by atoms with Crippen LogP contribution >= 0.6 is 11.6 Å². The van der Waals surface area contributed by atoms with E-state index in [1.165, 1.54) is 6.07 Å². The van der Waals surface area contributed by atoms with Gasteiger partial charge < -0.3 is 20.7 Å². The number of likely N-dealkylation sites (tertiary alicyclic amines) is 1. The van der Waals surface area contributed by atoms with Gasteiger partial charge in [-0.05, 0) is 51.3 Å². The number of esters is 1. The Balaban J connectivity index is 2.13. The average Bonchev–Trinajstić information content (AvgIpc) is 2.56. The summed E-state index contributed by atoms with van der Waals surface area (Å²) in [6, 6.07) is 4.47. The molecule has 1 atom stereocenters. The van der Waals surface area contributed by atoms with Crippen molar-refractivity contribution < 1.29 is 14.3 Å². The van der Waals surface area contributed by atoms with Gasteiger partial charge in [-0.25, -0.2) is 9.59 Å². The molecule has 6 nitrogen and oxygen atoms in total. The molecule has 1 aromatic carbocycles. The first-order chi connectivity index (χ1) is 11.4. The van der Waals surface area contributed by atoms with Crippen LogP contribution in [0.25, 0.3) is 0 Å². The summed E-state index contributed by atoms with van der Waals surface area (Å²) in [7, 11) is 0. The van der Waals surface area contributed by atoms with Crippen molar-refractivity contribution in [1.82, 2.24) is 4.90 Å². The Hall–Kier alpha value is -1.79. The molecule has 2 amide bonds. The van der Waals surface area contributed by atoms with E-state index in [2.05, 4.69) is 5.32 Å². The molecule has 1 heterocycles. The number of carbonyl (C=O) groups excluding carboxylic acids is 2. The fraction of sp³-hybridized carbons (Fsp3) is 0.529. The number of urea groups is 1. The highest BCUT2D eigenvalue weighted by Crippen LogP contribution is 2.25. The zero-order chi connectivity index (χ0) is 17.7. The van der Waals surface area contributed by atoms with E-state index in [9.17, 15) is 9.59 Å². The second kappa shape index (κ2) is 8.35. The van der Waals surface area contributed by atoms with E-state index >= 15 is 0 Å². The minimum atomic E-state index is -0.449. The number of ether oxygens (including phenoxy) is 1. The van der Waals surface area contributed by atoms with E-state index in [1.54, 1.807) is 30.9 Å². The molecule has 1 aliphatic heterocycles. The van der Waals surface area contributed by atoms with Gasteiger partial charge in [0.05, 0.1) is 22.4 Å². The predicted molar refractivity (Wildman–Crippen MR) is 94.4 cm³/mol. The Morgan fingerprint density at radius 1 is 1.42 bits per heavy atom. The zero-order valence-electron chi connectivity index (χ0n) is 14.0. The summed E-state index contributed by atoms with van der Waals surface area (Å²) < 4.78 is 5.17. The second-order valence-corrected chi connectivity index (χ2v) is 6.56. The molecule has 1 saturated heterocycles. The smallest absolute Gasteiger partial charge is 0.338 e. The normalized spacial score (nSPS) is 17.7. The average molecular weight is 354 g/mol. The third-order valence-electron chi connectivity index (χ3n) is 3.95. The van der Waals surface area contributed by atoms with Crippen LogP contribution in [-0.4, -0.2) is 42.1 Å². The number of hydrogen-bond donors (Lipinski definition) is 2. The number of piperidine rings is 1. The van der Waals surface area contributed by atoms with Gasteiger partial charge >= 0.3 is 12.0 Å². The molecule has 0 aliphatic carbocycles. The molecular formula is C17H24ClN3O3. The summed E-state index contributed by atoms with van der Waals surface area (Å²) in [5.41, 5.74) is 6.49. The third kappa shape index (κ3) is 4.61. The molecule has 0 spiro atoms. The van der Waals surface area contributed by atoms with Crippen molar-refractivity contribution in [1.29, 1.82) is 0 Å². The van der Waals surface area contributed by atoms with Crippen LogP contribution in [0.3, 0.4) is 0 Å². The van der Waals surface area contributed by atoms with Crippen LogP contribution in [0.2, 0.25) is 5.02 Å². The molecule has 24 heavy (non-hydrogen) atoms. The Morgan fingerprint density at radius 3 is 2.83 bits per heavy atom. The summed E-state index contributed by atoms with van der Waals surface area (Å²) in [4.78, 5) is 26.3. The summed E-state index contributed by atoms with van der Waals surface area (Å²) in [6.45, 7) is 4.65. The van der Waals surface area contributed by atoms with Crippen molar-refractivity contribution in [2.45, 2.75) is 45.3 Å². The standard InChI is InChI=1S/C17H24ClN3O3/c1-11(2)24-16(22)12-6-7-14(18)15(9-12)20-17(23)21-8-4-3-5-13(21)10-19/h6-7,9,11,13H,3-5,8,10,19H2,1-2H3,(H,20,23)/t13-/m1/s1. The molecule has 7 heteroatoms. The molecule has 0 unspecified atom stereocenters. The van der Waals surface area contributed by atoms with Crippen LogP contribution in [0.15, 0.2) is 18.2 Å².